The number of hydrogen-bond donors (Lipinski definition) is 1. The van der Waals surface area contributed by atoms with Crippen LogP contribution in [0.1, 0.15) is 20.3 Å². The van der Waals surface area contributed by atoms with Crippen molar-refractivity contribution in [2.45, 2.75) is 20.3 Å². The van der Waals surface area contributed by atoms with E-state index in [-0.39, 0.29) is 5.69 Å². The number of nitro benzene ring substituents is 1. The lowest BCUT2D eigenvalue weighted by Gasteiger charge is -2.12. The van der Waals surface area contributed by atoms with E-state index in [4.69, 9.17) is 9.47 Å². The number of aromatic amines is 1. The predicted octanol–water partition coefficient (Wildman–Crippen LogP) is 4.33. The van der Waals surface area contributed by atoms with Crippen LogP contribution in [0, 0.1) is 10.1 Å². The molecule has 0 aliphatic carbocycles. The zero-order chi connectivity index (χ0) is 17.8. The molecule has 0 aliphatic heterocycles. The molecule has 0 saturated heterocycles. The summed E-state index contributed by atoms with van der Waals surface area (Å²) in [6.07, 6.45) is 0.912. The standard InChI is InChI=1S/C18H19N3O4/c1-3-9-25-16-8-5-12(10-17(16)24-4-2)18-19-14-7-6-13(21(22)23)11-15(14)20-18/h5-8,10-11H,3-4,9H2,1-2H3,(H,19,20). The van der Waals surface area contributed by atoms with Gasteiger partial charge in [0.25, 0.3) is 5.69 Å². The fourth-order valence-electron chi connectivity index (χ4n) is 2.50. The second-order valence-electron chi connectivity index (χ2n) is 5.49. The molecule has 3 rings (SSSR count). The molecule has 7 nitrogen and oxygen atoms in total. The lowest BCUT2D eigenvalue weighted by molar-refractivity contribution is -0.384. The highest BCUT2D eigenvalue weighted by Crippen LogP contribution is 2.33. The minimum atomic E-state index is -0.424. The Kier molecular flexibility index (Phi) is 4.83. The van der Waals surface area contributed by atoms with Crippen molar-refractivity contribution in [1.29, 1.82) is 0 Å². The maximum absolute atomic E-state index is 10.9. The summed E-state index contributed by atoms with van der Waals surface area (Å²) in [5, 5.41) is 10.9. The Balaban J connectivity index is 1.98. The van der Waals surface area contributed by atoms with Gasteiger partial charge < -0.3 is 14.5 Å². The smallest absolute Gasteiger partial charge is 0.271 e. The number of aromatic nitrogens is 2. The molecule has 0 bridgehead atoms. The lowest BCUT2D eigenvalue weighted by Crippen LogP contribution is -2.00. The van der Waals surface area contributed by atoms with Crippen LogP contribution in [-0.2, 0) is 0 Å². The molecule has 0 unspecified atom stereocenters. The highest BCUT2D eigenvalue weighted by Gasteiger charge is 2.13. The number of fused-ring (bicyclic) bond motifs is 1. The first-order valence-electron chi connectivity index (χ1n) is 8.16. The van der Waals surface area contributed by atoms with E-state index in [9.17, 15) is 10.1 Å². The molecule has 7 heteroatoms. The molecule has 1 N–H and O–H groups in total. The fourth-order valence-corrected chi connectivity index (χ4v) is 2.50. The Morgan fingerprint density at radius 2 is 1.96 bits per heavy atom. The molecule has 3 aromatic rings. The molecule has 1 aromatic heterocycles. The van der Waals surface area contributed by atoms with Gasteiger partial charge in [0.1, 0.15) is 5.82 Å². The van der Waals surface area contributed by atoms with E-state index in [1.54, 1.807) is 6.07 Å². The molecule has 130 valence electrons. The van der Waals surface area contributed by atoms with Crippen LogP contribution in [0.3, 0.4) is 0 Å². The first-order valence-corrected chi connectivity index (χ1v) is 8.16. The van der Waals surface area contributed by atoms with Crippen molar-refractivity contribution in [3.05, 3.63) is 46.5 Å². The normalized spacial score (nSPS) is 10.8. The Bertz CT molecular complexity index is 904. The van der Waals surface area contributed by atoms with E-state index in [0.717, 1.165) is 12.0 Å². The number of benzene rings is 2. The van der Waals surface area contributed by atoms with Crippen molar-refractivity contribution < 1.29 is 14.4 Å². The Morgan fingerprint density at radius 1 is 1.12 bits per heavy atom. The summed E-state index contributed by atoms with van der Waals surface area (Å²) >= 11 is 0. The minimum absolute atomic E-state index is 0.0287. The third-order valence-electron chi connectivity index (χ3n) is 3.65. The topological polar surface area (TPSA) is 90.3 Å². The first-order chi connectivity index (χ1) is 12.1. The Morgan fingerprint density at radius 3 is 2.68 bits per heavy atom. The van der Waals surface area contributed by atoms with Crippen LogP contribution in [-0.4, -0.2) is 28.1 Å². The fraction of sp³-hybridized carbons (Fsp3) is 0.278. The summed E-state index contributed by atoms with van der Waals surface area (Å²) in [5.41, 5.74) is 2.14. The van der Waals surface area contributed by atoms with Crippen LogP contribution < -0.4 is 9.47 Å². The number of rotatable bonds is 7. The van der Waals surface area contributed by atoms with E-state index in [1.807, 2.05) is 32.0 Å². The highest BCUT2D eigenvalue weighted by molar-refractivity contribution is 5.81. The number of imidazole rings is 1. The van der Waals surface area contributed by atoms with Gasteiger partial charge in [-0.2, -0.15) is 0 Å². The minimum Gasteiger partial charge on any atom is -0.490 e. The summed E-state index contributed by atoms with van der Waals surface area (Å²) in [5.74, 6) is 1.97. The number of non-ortho nitro benzene ring substituents is 1. The molecule has 0 atom stereocenters. The van der Waals surface area contributed by atoms with Gasteiger partial charge in [0.15, 0.2) is 11.5 Å². The van der Waals surface area contributed by atoms with E-state index in [2.05, 4.69) is 9.97 Å². The third kappa shape index (κ3) is 3.55. The van der Waals surface area contributed by atoms with Gasteiger partial charge in [0, 0.05) is 17.7 Å². The van der Waals surface area contributed by atoms with Crippen LogP contribution in [0.15, 0.2) is 36.4 Å². The van der Waals surface area contributed by atoms with Gasteiger partial charge >= 0.3 is 0 Å². The zero-order valence-electron chi connectivity index (χ0n) is 14.1. The summed E-state index contributed by atoms with van der Waals surface area (Å²) in [6.45, 7) is 5.10. The average molecular weight is 341 g/mol. The summed E-state index contributed by atoms with van der Waals surface area (Å²) in [6, 6.07) is 10.2. The van der Waals surface area contributed by atoms with Gasteiger partial charge in [-0.15, -0.1) is 0 Å². The molecule has 0 spiro atoms. The molecule has 2 aromatic carbocycles. The quantitative estimate of drug-likeness (QED) is 0.510. The largest absolute Gasteiger partial charge is 0.490 e. The van der Waals surface area contributed by atoms with Gasteiger partial charge in [0.05, 0.1) is 29.2 Å². The van der Waals surface area contributed by atoms with E-state index in [0.29, 0.717) is 41.6 Å². The molecular formula is C18H19N3O4. The summed E-state index contributed by atoms with van der Waals surface area (Å²) in [4.78, 5) is 18.1. The van der Waals surface area contributed by atoms with E-state index >= 15 is 0 Å². The monoisotopic (exact) mass is 341 g/mol. The second-order valence-corrected chi connectivity index (χ2v) is 5.49. The van der Waals surface area contributed by atoms with Gasteiger partial charge in [-0.3, -0.25) is 10.1 Å². The number of H-pyrrole nitrogens is 1. The number of hydrogen-bond acceptors (Lipinski definition) is 5. The van der Waals surface area contributed by atoms with Gasteiger partial charge in [-0.05, 0) is 37.6 Å². The van der Waals surface area contributed by atoms with Gasteiger partial charge in [0.2, 0.25) is 0 Å². The average Bonchev–Trinajstić information content (AvgIpc) is 3.04. The SMILES string of the molecule is CCCOc1ccc(-c2nc3ccc([N+](=O)[O-])cc3[nH]2)cc1OCC. The summed E-state index contributed by atoms with van der Waals surface area (Å²) in [7, 11) is 0. The maximum atomic E-state index is 10.9. The third-order valence-corrected chi connectivity index (χ3v) is 3.65. The van der Waals surface area contributed by atoms with Crippen molar-refractivity contribution >= 4 is 16.7 Å². The van der Waals surface area contributed by atoms with Crippen LogP contribution in [0.5, 0.6) is 11.5 Å². The molecule has 0 radical (unpaired) electrons. The second kappa shape index (κ2) is 7.21. The molecule has 0 aliphatic rings. The number of nitrogens with zero attached hydrogens (tertiary/aromatic N) is 2. The highest BCUT2D eigenvalue weighted by atomic mass is 16.6. The summed E-state index contributed by atoms with van der Waals surface area (Å²) < 4.78 is 11.4. The van der Waals surface area contributed by atoms with Crippen LogP contribution in [0.2, 0.25) is 0 Å². The lowest BCUT2D eigenvalue weighted by atomic mass is 10.2. The van der Waals surface area contributed by atoms with Gasteiger partial charge in [-0.25, -0.2) is 4.98 Å². The number of ether oxygens (including phenoxy) is 2. The molecule has 0 saturated carbocycles. The molecule has 0 amide bonds. The van der Waals surface area contributed by atoms with Crippen LogP contribution in [0.25, 0.3) is 22.4 Å². The number of nitro groups is 1. The Hall–Kier alpha value is -3.09. The maximum Gasteiger partial charge on any atom is 0.271 e. The predicted molar refractivity (Wildman–Crippen MR) is 95.1 cm³/mol. The number of nitrogens with one attached hydrogen (secondary N) is 1. The Labute approximate surface area is 144 Å². The van der Waals surface area contributed by atoms with Crippen molar-refractivity contribution in [1.82, 2.24) is 9.97 Å². The van der Waals surface area contributed by atoms with E-state index in [1.165, 1.54) is 12.1 Å². The van der Waals surface area contributed by atoms with Crippen LogP contribution >= 0.6 is 0 Å². The van der Waals surface area contributed by atoms with Crippen molar-refractivity contribution in [2.75, 3.05) is 13.2 Å². The van der Waals surface area contributed by atoms with Crippen molar-refractivity contribution in [3.63, 3.8) is 0 Å². The zero-order valence-corrected chi connectivity index (χ0v) is 14.1. The van der Waals surface area contributed by atoms with Crippen LogP contribution in [0.4, 0.5) is 5.69 Å². The van der Waals surface area contributed by atoms with Crippen molar-refractivity contribution in [2.24, 2.45) is 0 Å². The molecular weight excluding hydrogens is 322 g/mol. The van der Waals surface area contributed by atoms with Gasteiger partial charge in [-0.1, -0.05) is 6.92 Å². The van der Waals surface area contributed by atoms with E-state index < -0.39 is 4.92 Å². The molecule has 1 heterocycles. The first kappa shape index (κ1) is 16.8. The molecule has 25 heavy (non-hydrogen) atoms. The molecule has 0 fully saturated rings. The van der Waals surface area contributed by atoms with Crippen molar-refractivity contribution in [3.8, 4) is 22.9 Å².